The molecule has 0 radical (unpaired) electrons. The second-order valence-electron chi connectivity index (χ2n) is 7.91. The maximum atomic E-state index is 12.3. The van der Waals surface area contributed by atoms with Crippen molar-refractivity contribution in [1.29, 1.82) is 0 Å². The van der Waals surface area contributed by atoms with Crippen molar-refractivity contribution in [3.8, 4) is 5.75 Å². The fraction of sp³-hybridized carbons (Fsp3) is 0.440. The van der Waals surface area contributed by atoms with Crippen LogP contribution in [0.4, 0.5) is 0 Å². The Hall–Kier alpha value is -2.82. The zero-order valence-electron chi connectivity index (χ0n) is 18.4. The van der Waals surface area contributed by atoms with Crippen molar-refractivity contribution in [2.45, 2.75) is 52.5 Å². The van der Waals surface area contributed by atoms with Gasteiger partial charge in [0.25, 0.3) is 5.91 Å². The molecule has 1 heterocycles. The number of aromatic nitrogens is 2. The van der Waals surface area contributed by atoms with Gasteiger partial charge in [-0.1, -0.05) is 51.0 Å². The number of methoxy groups -OCH3 is 1. The molecule has 0 aliphatic rings. The molecule has 1 aromatic heterocycles. The fourth-order valence-corrected chi connectivity index (χ4v) is 3.68. The van der Waals surface area contributed by atoms with Crippen molar-refractivity contribution >= 4 is 16.9 Å². The first kappa shape index (κ1) is 21.9. The van der Waals surface area contributed by atoms with Crippen molar-refractivity contribution in [3.05, 3.63) is 59.9 Å². The first-order chi connectivity index (χ1) is 14.6. The van der Waals surface area contributed by atoms with Crippen molar-refractivity contribution in [3.63, 3.8) is 0 Å². The summed E-state index contributed by atoms with van der Waals surface area (Å²) in [6, 6.07) is 15.7. The second-order valence-corrected chi connectivity index (χ2v) is 7.91. The van der Waals surface area contributed by atoms with Crippen molar-refractivity contribution in [1.82, 2.24) is 14.9 Å². The Kier molecular flexibility index (Phi) is 7.89. The lowest BCUT2D eigenvalue weighted by Crippen LogP contribution is -2.24. The number of amides is 1. The standard InChI is InChI=1S/C25H33N3O2/c1-4-19(2)18-28-22-14-9-8-13-21(22)27-24(28)16-6-5-11-17-26-25(29)20-12-7-10-15-23(20)30-3/h7-10,12-15,19H,4-6,11,16-18H2,1-3H3,(H,26,29). The van der Waals surface area contributed by atoms with Gasteiger partial charge in [0.1, 0.15) is 11.6 Å². The van der Waals surface area contributed by atoms with Gasteiger partial charge in [-0.15, -0.1) is 0 Å². The average molecular weight is 408 g/mol. The van der Waals surface area contributed by atoms with Crippen molar-refractivity contribution in [2.24, 2.45) is 5.92 Å². The van der Waals surface area contributed by atoms with Crippen LogP contribution in [0.15, 0.2) is 48.5 Å². The number of hydrogen-bond donors (Lipinski definition) is 1. The molecule has 1 unspecified atom stereocenters. The van der Waals surface area contributed by atoms with Crippen LogP contribution in [-0.4, -0.2) is 29.1 Å². The molecule has 5 nitrogen and oxygen atoms in total. The minimum absolute atomic E-state index is 0.0807. The number of rotatable bonds is 11. The molecule has 30 heavy (non-hydrogen) atoms. The van der Waals surface area contributed by atoms with E-state index in [1.165, 1.54) is 11.3 Å². The van der Waals surface area contributed by atoms with E-state index in [0.717, 1.165) is 44.2 Å². The van der Waals surface area contributed by atoms with Gasteiger partial charge in [-0.25, -0.2) is 4.98 Å². The molecule has 3 rings (SSSR count). The number of carbonyl (C=O) groups is 1. The summed E-state index contributed by atoms with van der Waals surface area (Å²) in [5, 5.41) is 3.00. The Bertz CT molecular complexity index is 964. The van der Waals surface area contributed by atoms with E-state index in [1.54, 1.807) is 19.2 Å². The summed E-state index contributed by atoms with van der Waals surface area (Å²) >= 11 is 0. The smallest absolute Gasteiger partial charge is 0.255 e. The van der Waals surface area contributed by atoms with Gasteiger partial charge < -0.3 is 14.6 Å². The molecule has 1 amide bonds. The highest BCUT2D eigenvalue weighted by Gasteiger charge is 2.13. The van der Waals surface area contributed by atoms with E-state index in [-0.39, 0.29) is 5.91 Å². The summed E-state index contributed by atoms with van der Waals surface area (Å²) in [6.07, 6.45) is 5.20. The van der Waals surface area contributed by atoms with Crippen LogP contribution in [0, 0.1) is 5.92 Å². The summed E-state index contributed by atoms with van der Waals surface area (Å²) in [5.41, 5.74) is 2.90. The van der Waals surface area contributed by atoms with Crippen LogP contribution in [0.25, 0.3) is 11.0 Å². The highest BCUT2D eigenvalue weighted by atomic mass is 16.5. The number of hydrogen-bond acceptors (Lipinski definition) is 3. The molecule has 0 spiro atoms. The molecule has 1 atom stereocenters. The van der Waals surface area contributed by atoms with Gasteiger partial charge in [-0.3, -0.25) is 4.79 Å². The topological polar surface area (TPSA) is 56.2 Å². The Morgan fingerprint density at radius 3 is 2.67 bits per heavy atom. The molecule has 3 aromatic rings. The van der Waals surface area contributed by atoms with E-state index in [9.17, 15) is 4.79 Å². The van der Waals surface area contributed by atoms with E-state index in [1.807, 2.05) is 12.1 Å². The van der Waals surface area contributed by atoms with Gasteiger partial charge in [0, 0.05) is 19.5 Å². The number of fused-ring (bicyclic) bond motifs is 1. The molecule has 0 aliphatic heterocycles. The van der Waals surface area contributed by atoms with Crippen LogP contribution in [0.5, 0.6) is 5.75 Å². The molecule has 0 bridgehead atoms. The number of imidazole rings is 1. The summed E-state index contributed by atoms with van der Waals surface area (Å²) in [7, 11) is 1.58. The number of ether oxygens (including phenoxy) is 1. The van der Waals surface area contributed by atoms with Crippen LogP contribution in [0.3, 0.4) is 0 Å². The normalized spacial score (nSPS) is 12.1. The van der Waals surface area contributed by atoms with Crippen LogP contribution in [0.1, 0.15) is 55.7 Å². The lowest BCUT2D eigenvalue weighted by atomic mass is 10.1. The molecule has 2 aromatic carbocycles. The predicted octanol–water partition coefficient (Wildman–Crippen LogP) is 5.23. The number of aryl methyl sites for hydroxylation is 1. The molecule has 5 heteroatoms. The number of nitrogens with one attached hydrogen (secondary N) is 1. The van der Waals surface area contributed by atoms with Crippen molar-refractivity contribution in [2.75, 3.05) is 13.7 Å². The third kappa shape index (κ3) is 5.41. The van der Waals surface area contributed by atoms with Crippen molar-refractivity contribution < 1.29 is 9.53 Å². The van der Waals surface area contributed by atoms with Crippen LogP contribution < -0.4 is 10.1 Å². The number of unbranched alkanes of at least 4 members (excludes halogenated alkanes) is 2. The van der Waals surface area contributed by atoms with Gasteiger partial charge >= 0.3 is 0 Å². The lowest BCUT2D eigenvalue weighted by molar-refractivity contribution is 0.0950. The lowest BCUT2D eigenvalue weighted by Gasteiger charge is -2.14. The number of benzene rings is 2. The third-order valence-electron chi connectivity index (χ3n) is 5.64. The molecule has 0 saturated carbocycles. The summed E-state index contributed by atoms with van der Waals surface area (Å²) in [6.45, 7) is 6.22. The van der Waals surface area contributed by atoms with Gasteiger partial charge in [0.05, 0.1) is 23.7 Å². The molecular formula is C25H33N3O2. The number of nitrogens with zero attached hydrogens (tertiary/aromatic N) is 2. The van der Waals surface area contributed by atoms with Crippen LogP contribution in [-0.2, 0) is 13.0 Å². The molecular weight excluding hydrogens is 374 g/mol. The predicted molar refractivity (Wildman–Crippen MR) is 122 cm³/mol. The Morgan fingerprint density at radius 2 is 1.87 bits per heavy atom. The van der Waals surface area contributed by atoms with Gasteiger partial charge in [0.2, 0.25) is 0 Å². The summed E-state index contributed by atoms with van der Waals surface area (Å²) in [5.74, 6) is 2.33. The maximum Gasteiger partial charge on any atom is 0.255 e. The average Bonchev–Trinajstić information content (AvgIpc) is 3.12. The molecule has 0 saturated heterocycles. The monoisotopic (exact) mass is 407 g/mol. The maximum absolute atomic E-state index is 12.3. The van der Waals surface area contributed by atoms with E-state index in [2.05, 4.69) is 48.0 Å². The van der Waals surface area contributed by atoms with E-state index < -0.39 is 0 Å². The first-order valence-corrected chi connectivity index (χ1v) is 11.0. The number of carbonyl (C=O) groups excluding carboxylic acids is 1. The first-order valence-electron chi connectivity index (χ1n) is 11.0. The van der Waals surface area contributed by atoms with Gasteiger partial charge in [-0.05, 0) is 43.0 Å². The quantitative estimate of drug-likeness (QED) is 0.443. The largest absolute Gasteiger partial charge is 0.496 e. The zero-order valence-corrected chi connectivity index (χ0v) is 18.4. The Morgan fingerprint density at radius 1 is 1.10 bits per heavy atom. The van der Waals surface area contributed by atoms with E-state index in [0.29, 0.717) is 23.8 Å². The number of para-hydroxylation sites is 3. The molecule has 1 N–H and O–H groups in total. The molecule has 160 valence electrons. The van der Waals surface area contributed by atoms with Crippen LogP contribution in [0.2, 0.25) is 0 Å². The Labute approximate surface area is 179 Å². The molecule has 0 aliphatic carbocycles. The summed E-state index contributed by atoms with van der Waals surface area (Å²) < 4.78 is 7.66. The third-order valence-corrected chi connectivity index (χ3v) is 5.64. The summed E-state index contributed by atoms with van der Waals surface area (Å²) in [4.78, 5) is 17.2. The highest BCUT2D eigenvalue weighted by Crippen LogP contribution is 2.20. The minimum Gasteiger partial charge on any atom is -0.496 e. The van der Waals surface area contributed by atoms with E-state index >= 15 is 0 Å². The van der Waals surface area contributed by atoms with Crippen LogP contribution >= 0.6 is 0 Å². The minimum atomic E-state index is -0.0807. The van der Waals surface area contributed by atoms with E-state index in [4.69, 9.17) is 9.72 Å². The fourth-order valence-electron chi connectivity index (χ4n) is 3.68. The zero-order chi connectivity index (χ0) is 21.3. The Balaban J connectivity index is 1.49. The second kappa shape index (κ2) is 10.8. The SMILES string of the molecule is CCC(C)Cn1c(CCCCCNC(=O)c2ccccc2OC)nc2ccccc21. The molecule has 0 fully saturated rings. The highest BCUT2D eigenvalue weighted by molar-refractivity contribution is 5.96. The van der Waals surface area contributed by atoms with Gasteiger partial charge in [0.15, 0.2) is 0 Å². The van der Waals surface area contributed by atoms with Gasteiger partial charge in [-0.2, -0.15) is 0 Å².